The van der Waals surface area contributed by atoms with Crippen molar-refractivity contribution in [3.63, 3.8) is 0 Å². The SMILES string of the molecule is CCC(C)CC1=CCC1. The van der Waals surface area contributed by atoms with Crippen LogP contribution in [-0.4, -0.2) is 0 Å². The molecule has 1 aliphatic rings. The number of hydrogen-bond donors (Lipinski definition) is 0. The zero-order valence-corrected chi connectivity index (χ0v) is 6.48. The maximum atomic E-state index is 2.38. The molecule has 1 aliphatic carbocycles. The first-order valence-corrected chi connectivity index (χ1v) is 4.00. The van der Waals surface area contributed by atoms with Crippen molar-refractivity contribution >= 4 is 0 Å². The molecule has 0 fully saturated rings. The van der Waals surface area contributed by atoms with E-state index in [0.29, 0.717) is 0 Å². The highest BCUT2D eigenvalue weighted by molar-refractivity contribution is 5.12. The summed E-state index contributed by atoms with van der Waals surface area (Å²) in [5.74, 6) is 0.913. The average Bonchev–Trinajstić information content (AvgIpc) is 1.78. The van der Waals surface area contributed by atoms with E-state index < -0.39 is 0 Å². The molecule has 0 radical (unpaired) electrons. The van der Waals surface area contributed by atoms with Crippen LogP contribution in [0.1, 0.15) is 39.5 Å². The third-order valence-electron chi connectivity index (χ3n) is 2.21. The molecule has 0 heteroatoms. The second-order valence-electron chi connectivity index (χ2n) is 3.12. The molecular formula is C9H16. The lowest BCUT2D eigenvalue weighted by molar-refractivity contribution is 0.535. The third kappa shape index (κ3) is 1.85. The molecule has 0 aromatic carbocycles. The van der Waals surface area contributed by atoms with Gasteiger partial charge in [0, 0.05) is 0 Å². The van der Waals surface area contributed by atoms with Gasteiger partial charge in [0.15, 0.2) is 0 Å². The Hall–Kier alpha value is -0.260. The summed E-state index contributed by atoms with van der Waals surface area (Å²) in [7, 11) is 0. The first-order chi connectivity index (χ1) is 4.33. The molecule has 0 amide bonds. The molecule has 0 saturated carbocycles. The van der Waals surface area contributed by atoms with E-state index in [0.717, 1.165) is 5.92 Å². The lowest BCUT2D eigenvalue weighted by Gasteiger charge is -2.17. The van der Waals surface area contributed by atoms with Crippen LogP contribution in [0.3, 0.4) is 0 Å². The van der Waals surface area contributed by atoms with Gasteiger partial charge in [-0.3, -0.25) is 0 Å². The molecule has 52 valence electrons. The van der Waals surface area contributed by atoms with E-state index in [-0.39, 0.29) is 0 Å². The quantitative estimate of drug-likeness (QED) is 0.507. The highest BCUT2D eigenvalue weighted by atomic mass is 14.1. The fourth-order valence-corrected chi connectivity index (χ4v) is 1.13. The molecule has 0 nitrogen and oxygen atoms in total. The summed E-state index contributed by atoms with van der Waals surface area (Å²) < 4.78 is 0. The topological polar surface area (TPSA) is 0 Å². The smallest absolute Gasteiger partial charge is 0.0285 e. The van der Waals surface area contributed by atoms with Crippen molar-refractivity contribution in [2.24, 2.45) is 5.92 Å². The Morgan fingerprint density at radius 1 is 1.67 bits per heavy atom. The fraction of sp³-hybridized carbons (Fsp3) is 0.778. The summed E-state index contributed by atoms with van der Waals surface area (Å²) in [5.41, 5.74) is 1.70. The zero-order chi connectivity index (χ0) is 6.69. The van der Waals surface area contributed by atoms with Gasteiger partial charge in [0.1, 0.15) is 0 Å². The second kappa shape index (κ2) is 3.05. The van der Waals surface area contributed by atoms with Crippen LogP contribution in [0, 0.1) is 5.92 Å². The maximum absolute atomic E-state index is 2.38. The van der Waals surface area contributed by atoms with E-state index in [1.54, 1.807) is 5.57 Å². The van der Waals surface area contributed by atoms with E-state index >= 15 is 0 Å². The van der Waals surface area contributed by atoms with Gasteiger partial charge >= 0.3 is 0 Å². The van der Waals surface area contributed by atoms with Crippen LogP contribution in [0.5, 0.6) is 0 Å². The van der Waals surface area contributed by atoms with E-state index in [1.807, 2.05) is 0 Å². The molecular weight excluding hydrogens is 108 g/mol. The molecule has 0 heterocycles. The van der Waals surface area contributed by atoms with Crippen LogP contribution in [0.4, 0.5) is 0 Å². The fourth-order valence-electron chi connectivity index (χ4n) is 1.13. The van der Waals surface area contributed by atoms with Crippen LogP contribution >= 0.6 is 0 Å². The summed E-state index contributed by atoms with van der Waals surface area (Å²) in [6.45, 7) is 4.60. The predicted octanol–water partition coefficient (Wildman–Crippen LogP) is 3.14. The minimum absolute atomic E-state index is 0.913. The molecule has 0 aromatic heterocycles. The Labute approximate surface area is 58.0 Å². The molecule has 0 N–H and O–H groups in total. The van der Waals surface area contributed by atoms with Crippen molar-refractivity contribution in [2.75, 3.05) is 0 Å². The molecule has 0 aromatic rings. The van der Waals surface area contributed by atoms with Crippen LogP contribution in [-0.2, 0) is 0 Å². The van der Waals surface area contributed by atoms with Crippen LogP contribution in [0.15, 0.2) is 11.6 Å². The van der Waals surface area contributed by atoms with Crippen molar-refractivity contribution in [3.05, 3.63) is 11.6 Å². The number of rotatable bonds is 3. The molecule has 9 heavy (non-hydrogen) atoms. The summed E-state index contributed by atoms with van der Waals surface area (Å²) in [6.07, 6.45) is 7.79. The van der Waals surface area contributed by atoms with Gasteiger partial charge in [0.05, 0.1) is 0 Å². The Balaban J connectivity index is 2.16. The van der Waals surface area contributed by atoms with Crippen LogP contribution in [0.2, 0.25) is 0 Å². The Morgan fingerprint density at radius 3 is 2.67 bits per heavy atom. The van der Waals surface area contributed by atoms with E-state index in [4.69, 9.17) is 0 Å². The zero-order valence-electron chi connectivity index (χ0n) is 6.48. The molecule has 1 unspecified atom stereocenters. The number of allylic oxidation sites excluding steroid dienone is 2. The van der Waals surface area contributed by atoms with Gasteiger partial charge < -0.3 is 0 Å². The molecule has 0 aliphatic heterocycles. The van der Waals surface area contributed by atoms with Crippen molar-refractivity contribution in [3.8, 4) is 0 Å². The lowest BCUT2D eigenvalue weighted by atomic mass is 9.89. The monoisotopic (exact) mass is 124 g/mol. The Kier molecular flexibility index (Phi) is 2.32. The Bertz CT molecular complexity index is 111. The predicted molar refractivity (Wildman–Crippen MR) is 41.4 cm³/mol. The van der Waals surface area contributed by atoms with E-state index in [2.05, 4.69) is 19.9 Å². The lowest BCUT2D eigenvalue weighted by Crippen LogP contribution is -2.00. The van der Waals surface area contributed by atoms with E-state index in [1.165, 1.54) is 25.7 Å². The average molecular weight is 124 g/mol. The number of hydrogen-bond acceptors (Lipinski definition) is 0. The Morgan fingerprint density at radius 2 is 2.33 bits per heavy atom. The second-order valence-corrected chi connectivity index (χ2v) is 3.12. The van der Waals surface area contributed by atoms with Crippen molar-refractivity contribution < 1.29 is 0 Å². The van der Waals surface area contributed by atoms with Crippen molar-refractivity contribution in [1.82, 2.24) is 0 Å². The molecule has 0 spiro atoms. The summed E-state index contributed by atoms with van der Waals surface area (Å²) >= 11 is 0. The molecule has 1 atom stereocenters. The van der Waals surface area contributed by atoms with Gasteiger partial charge in [-0.2, -0.15) is 0 Å². The maximum Gasteiger partial charge on any atom is -0.0285 e. The van der Waals surface area contributed by atoms with Crippen LogP contribution in [0.25, 0.3) is 0 Å². The molecule has 1 rings (SSSR count). The van der Waals surface area contributed by atoms with Gasteiger partial charge in [-0.15, -0.1) is 0 Å². The third-order valence-corrected chi connectivity index (χ3v) is 2.21. The van der Waals surface area contributed by atoms with Gasteiger partial charge in [0.25, 0.3) is 0 Å². The van der Waals surface area contributed by atoms with Crippen LogP contribution < -0.4 is 0 Å². The van der Waals surface area contributed by atoms with Crippen molar-refractivity contribution in [1.29, 1.82) is 0 Å². The largest absolute Gasteiger partial charge is 0.0850 e. The first kappa shape index (κ1) is 6.85. The van der Waals surface area contributed by atoms with E-state index in [9.17, 15) is 0 Å². The van der Waals surface area contributed by atoms with Gasteiger partial charge in [-0.05, 0) is 25.2 Å². The molecule has 0 bridgehead atoms. The minimum Gasteiger partial charge on any atom is -0.0850 e. The van der Waals surface area contributed by atoms with Gasteiger partial charge in [-0.25, -0.2) is 0 Å². The summed E-state index contributed by atoms with van der Waals surface area (Å²) in [5, 5.41) is 0. The minimum atomic E-state index is 0.913. The normalized spacial score (nSPS) is 20.4. The summed E-state index contributed by atoms with van der Waals surface area (Å²) in [6, 6.07) is 0. The van der Waals surface area contributed by atoms with Gasteiger partial charge in [-0.1, -0.05) is 31.9 Å². The summed E-state index contributed by atoms with van der Waals surface area (Å²) in [4.78, 5) is 0. The van der Waals surface area contributed by atoms with Crippen molar-refractivity contribution in [2.45, 2.75) is 39.5 Å². The standard InChI is InChI=1S/C9H16/c1-3-8(2)7-9-5-4-6-9/h5,8H,3-4,6-7H2,1-2H3. The highest BCUT2D eigenvalue weighted by Crippen LogP contribution is 2.25. The molecule has 0 saturated heterocycles. The first-order valence-electron chi connectivity index (χ1n) is 4.00. The van der Waals surface area contributed by atoms with Gasteiger partial charge in [0.2, 0.25) is 0 Å². The highest BCUT2D eigenvalue weighted by Gasteiger charge is 2.08.